The Hall–Kier alpha value is -1.49. The zero-order chi connectivity index (χ0) is 10.0. The topological polar surface area (TPSA) is 73.1 Å². The van der Waals surface area contributed by atoms with E-state index < -0.39 is 4.92 Å². The summed E-state index contributed by atoms with van der Waals surface area (Å²) in [6.45, 7) is 1.27. The van der Waals surface area contributed by atoms with E-state index in [-0.39, 0.29) is 22.3 Å². The Labute approximate surface area is 78.5 Å². The molecule has 0 bridgehead atoms. The standard InChI is InChI=1S/C7H5ClN2O3/c1-4(11)6-2-5(10(12)13)3-7(8)9-6/h2-3H,1H3. The van der Waals surface area contributed by atoms with E-state index in [2.05, 4.69) is 4.98 Å². The van der Waals surface area contributed by atoms with Crippen molar-refractivity contribution in [2.45, 2.75) is 6.92 Å². The molecule has 6 heteroatoms. The van der Waals surface area contributed by atoms with Crippen LogP contribution in [0.25, 0.3) is 0 Å². The van der Waals surface area contributed by atoms with Crippen LogP contribution >= 0.6 is 11.6 Å². The van der Waals surface area contributed by atoms with E-state index in [4.69, 9.17) is 11.6 Å². The average molecular weight is 201 g/mol. The highest BCUT2D eigenvalue weighted by molar-refractivity contribution is 6.29. The number of carbonyl (C=O) groups excluding carboxylic acids is 1. The number of aromatic nitrogens is 1. The lowest BCUT2D eigenvalue weighted by Crippen LogP contribution is -1.99. The number of nitro groups is 1. The van der Waals surface area contributed by atoms with Crippen molar-refractivity contribution in [3.05, 3.63) is 33.1 Å². The molecule has 68 valence electrons. The highest BCUT2D eigenvalue weighted by Gasteiger charge is 2.12. The molecule has 0 aliphatic carbocycles. The van der Waals surface area contributed by atoms with Gasteiger partial charge in [0.2, 0.25) is 0 Å². The lowest BCUT2D eigenvalue weighted by molar-refractivity contribution is -0.384. The predicted molar refractivity (Wildman–Crippen MR) is 45.9 cm³/mol. The van der Waals surface area contributed by atoms with Crippen LogP contribution in [0.2, 0.25) is 5.15 Å². The van der Waals surface area contributed by atoms with Gasteiger partial charge >= 0.3 is 0 Å². The molecule has 0 atom stereocenters. The molecule has 0 aliphatic heterocycles. The molecule has 1 rings (SSSR count). The molecule has 0 radical (unpaired) electrons. The quantitative estimate of drug-likeness (QED) is 0.316. The fraction of sp³-hybridized carbons (Fsp3) is 0.143. The second kappa shape index (κ2) is 3.49. The third-order valence-electron chi connectivity index (χ3n) is 1.35. The smallest absolute Gasteiger partial charge is 0.274 e. The number of nitrogens with zero attached hydrogens (tertiary/aromatic N) is 2. The van der Waals surface area contributed by atoms with Gasteiger partial charge < -0.3 is 0 Å². The van der Waals surface area contributed by atoms with Crippen LogP contribution in [0.4, 0.5) is 5.69 Å². The van der Waals surface area contributed by atoms with Crippen molar-refractivity contribution in [2.24, 2.45) is 0 Å². The number of pyridine rings is 1. The maximum absolute atomic E-state index is 10.8. The molecule has 5 nitrogen and oxygen atoms in total. The summed E-state index contributed by atoms with van der Waals surface area (Å²) in [4.78, 5) is 24.2. The van der Waals surface area contributed by atoms with E-state index in [1.54, 1.807) is 0 Å². The zero-order valence-electron chi connectivity index (χ0n) is 6.65. The highest BCUT2D eigenvalue weighted by atomic mass is 35.5. The SMILES string of the molecule is CC(=O)c1cc([N+](=O)[O-])cc(Cl)n1. The molecule has 0 saturated carbocycles. The van der Waals surface area contributed by atoms with Gasteiger partial charge in [-0.05, 0) is 0 Å². The first-order valence-corrected chi connectivity index (χ1v) is 3.71. The van der Waals surface area contributed by atoms with Gasteiger partial charge in [-0.15, -0.1) is 0 Å². The fourth-order valence-corrected chi connectivity index (χ4v) is 0.972. The lowest BCUT2D eigenvalue weighted by Gasteiger charge is -1.96. The molecule has 0 N–H and O–H groups in total. The minimum absolute atomic E-state index is 0.000741. The summed E-state index contributed by atoms with van der Waals surface area (Å²) in [6, 6.07) is 2.18. The molecule has 0 saturated heterocycles. The highest BCUT2D eigenvalue weighted by Crippen LogP contribution is 2.17. The van der Waals surface area contributed by atoms with Gasteiger partial charge in [-0.2, -0.15) is 0 Å². The molecule has 1 aromatic rings. The number of halogens is 1. The van der Waals surface area contributed by atoms with Crippen LogP contribution in [-0.4, -0.2) is 15.7 Å². The van der Waals surface area contributed by atoms with Gasteiger partial charge in [0, 0.05) is 13.0 Å². The molecule has 0 aliphatic rings. The van der Waals surface area contributed by atoms with Gasteiger partial charge in [-0.1, -0.05) is 11.6 Å². The number of hydrogen-bond acceptors (Lipinski definition) is 4. The van der Waals surface area contributed by atoms with Crippen LogP contribution in [0.3, 0.4) is 0 Å². The summed E-state index contributed by atoms with van der Waals surface area (Å²) in [5.74, 6) is -0.356. The van der Waals surface area contributed by atoms with E-state index in [1.807, 2.05) is 0 Å². The van der Waals surface area contributed by atoms with Crippen LogP contribution in [0.15, 0.2) is 12.1 Å². The summed E-state index contributed by atoms with van der Waals surface area (Å²) < 4.78 is 0. The van der Waals surface area contributed by atoms with E-state index in [9.17, 15) is 14.9 Å². The van der Waals surface area contributed by atoms with Crippen molar-refractivity contribution in [3.63, 3.8) is 0 Å². The van der Waals surface area contributed by atoms with Crippen molar-refractivity contribution in [3.8, 4) is 0 Å². The number of rotatable bonds is 2. The third-order valence-corrected chi connectivity index (χ3v) is 1.54. The molecule has 13 heavy (non-hydrogen) atoms. The molecule has 0 spiro atoms. The molecule has 0 amide bonds. The molecular formula is C7H5ClN2O3. The lowest BCUT2D eigenvalue weighted by atomic mass is 10.2. The fourth-order valence-electron chi connectivity index (χ4n) is 0.769. The second-order valence-electron chi connectivity index (χ2n) is 2.35. The van der Waals surface area contributed by atoms with Crippen molar-refractivity contribution < 1.29 is 9.72 Å². The number of hydrogen-bond donors (Lipinski definition) is 0. The summed E-state index contributed by atoms with van der Waals surface area (Å²) in [5, 5.41) is 10.3. The molecule has 1 aromatic heterocycles. The van der Waals surface area contributed by atoms with Gasteiger partial charge in [0.25, 0.3) is 5.69 Å². The maximum atomic E-state index is 10.8. The van der Waals surface area contributed by atoms with Crippen LogP contribution < -0.4 is 0 Å². The first-order chi connectivity index (χ1) is 6.00. The van der Waals surface area contributed by atoms with Crippen LogP contribution in [0, 0.1) is 10.1 Å². The third kappa shape index (κ3) is 2.22. The Morgan fingerprint density at radius 2 is 2.23 bits per heavy atom. The summed E-state index contributed by atoms with van der Waals surface area (Å²) >= 11 is 5.47. The van der Waals surface area contributed by atoms with E-state index >= 15 is 0 Å². The maximum Gasteiger partial charge on any atom is 0.274 e. The van der Waals surface area contributed by atoms with Crippen LogP contribution in [-0.2, 0) is 0 Å². The first kappa shape index (κ1) is 9.60. The zero-order valence-corrected chi connectivity index (χ0v) is 7.41. The largest absolute Gasteiger partial charge is 0.293 e. The molecule has 1 heterocycles. The van der Waals surface area contributed by atoms with E-state index in [1.165, 1.54) is 6.92 Å². The molecule has 0 unspecified atom stereocenters. The van der Waals surface area contributed by atoms with Gasteiger partial charge in [-0.25, -0.2) is 4.98 Å². The van der Waals surface area contributed by atoms with Gasteiger partial charge in [0.1, 0.15) is 10.8 Å². The normalized spacial score (nSPS) is 9.69. The average Bonchev–Trinajstić information content (AvgIpc) is 2.03. The Morgan fingerprint density at radius 1 is 1.62 bits per heavy atom. The Balaban J connectivity index is 3.26. The molecular weight excluding hydrogens is 196 g/mol. The van der Waals surface area contributed by atoms with Gasteiger partial charge in [0.15, 0.2) is 5.78 Å². The summed E-state index contributed by atoms with van der Waals surface area (Å²) in [5.41, 5.74) is -0.232. The monoisotopic (exact) mass is 200 g/mol. The minimum Gasteiger partial charge on any atom is -0.293 e. The number of Topliss-reactive ketones (excluding diaryl/α,β-unsaturated/α-hetero) is 1. The van der Waals surface area contributed by atoms with Crippen LogP contribution in [0.1, 0.15) is 17.4 Å². The molecule has 0 fully saturated rings. The first-order valence-electron chi connectivity index (χ1n) is 3.33. The Morgan fingerprint density at radius 3 is 2.69 bits per heavy atom. The van der Waals surface area contributed by atoms with Crippen molar-refractivity contribution in [2.75, 3.05) is 0 Å². The van der Waals surface area contributed by atoms with E-state index in [0.29, 0.717) is 0 Å². The van der Waals surface area contributed by atoms with Crippen molar-refractivity contribution >= 4 is 23.1 Å². The van der Waals surface area contributed by atoms with Crippen LogP contribution in [0.5, 0.6) is 0 Å². The predicted octanol–water partition coefficient (Wildman–Crippen LogP) is 1.85. The Bertz CT molecular complexity index is 346. The summed E-state index contributed by atoms with van der Waals surface area (Å²) in [6.07, 6.45) is 0. The number of carbonyl (C=O) groups is 1. The number of ketones is 1. The van der Waals surface area contributed by atoms with Gasteiger partial charge in [0.05, 0.1) is 11.0 Å². The summed E-state index contributed by atoms with van der Waals surface area (Å²) in [7, 11) is 0. The minimum atomic E-state index is -0.625. The van der Waals surface area contributed by atoms with Crippen molar-refractivity contribution in [1.82, 2.24) is 4.98 Å². The Kier molecular flexibility index (Phi) is 2.57. The van der Waals surface area contributed by atoms with E-state index in [0.717, 1.165) is 12.1 Å². The second-order valence-corrected chi connectivity index (χ2v) is 2.73. The van der Waals surface area contributed by atoms with Crippen molar-refractivity contribution in [1.29, 1.82) is 0 Å². The molecule has 0 aromatic carbocycles. The van der Waals surface area contributed by atoms with Gasteiger partial charge in [-0.3, -0.25) is 14.9 Å².